The van der Waals surface area contributed by atoms with Crippen LogP contribution in [-0.4, -0.2) is 50.2 Å². The molecule has 4 rings (SSSR count). The van der Waals surface area contributed by atoms with Crippen LogP contribution in [0.1, 0.15) is 19.8 Å². The second kappa shape index (κ2) is 11.1. The highest BCUT2D eigenvalue weighted by molar-refractivity contribution is 6.64. The first-order valence-electron chi connectivity index (χ1n) is 11.6. The topological polar surface area (TPSA) is 74.3 Å². The quantitative estimate of drug-likeness (QED) is 0.451. The zero-order valence-electron chi connectivity index (χ0n) is 19.9. The lowest BCUT2D eigenvalue weighted by Gasteiger charge is -2.22. The molecule has 2 aromatic carbocycles. The van der Waals surface area contributed by atoms with Crippen LogP contribution in [0.4, 0.5) is 0 Å². The molecule has 0 amide bonds. The molecule has 1 aliphatic heterocycles. The molecule has 35 heavy (non-hydrogen) atoms. The van der Waals surface area contributed by atoms with Gasteiger partial charge in [-0.3, -0.25) is 14.5 Å². The van der Waals surface area contributed by atoms with Gasteiger partial charge < -0.3 is 18.8 Å². The molecule has 1 heterocycles. The molecule has 0 N–H and O–H groups in total. The number of nitrogens with zero attached hydrogens (tertiary/aromatic N) is 1. The molecule has 1 aliphatic carbocycles. The second-order valence-corrected chi connectivity index (χ2v) is 8.40. The maximum absolute atomic E-state index is 12.0. The fraction of sp³-hybridized carbons (Fsp3) is 0.259. The van der Waals surface area contributed by atoms with E-state index in [2.05, 4.69) is 6.58 Å². The number of hydrogen-bond acceptors (Lipinski definition) is 7. The lowest BCUT2D eigenvalue weighted by atomic mass is 9.78. The minimum Gasteiger partial charge on any atom is -0.494 e. The van der Waals surface area contributed by atoms with Gasteiger partial charge in [0, 0.05) is 11.0 Å². The van der Waals surface area contributed by atoms with E-state index in [-0.39, 0.29) is 19.2 Å². The number of hydrogen-bond donors (Lipinski definition) is 0. The summed E-state index contributed by atoms with van der Waals surface area (Å²) in [5.41, 5.74) is 2.62. The first-order valence-corrected chi connectivity index (χ1v) is 11.6. The van der Waals surface area contributed by atoms with Crippen LogP contribution < -0.4 is 14.9 Å². The van der Waals surface area contributed by atoms with E-state index in [1.54, 1.807) is 36.2 Å². The van der Waals surface area contributed by atoms with E-state index in [1.807, 2.05) is 49.4 Å². The predicted molar refractivity (Wildman–Crippen MR) is 133 cm³/mol. The van der Waals surface area contributed by atoms with Crippen LogP contribution >= 0.6 is 0 Å². The van der Waals surface area contributed by atoms with Gasteiger partial charge in [0.15, 0.2) is 0 Å². The van der Waals surface area contributed by atoms with Gasteiger partial charge in [0.25, 0.3) is 0 Å². The highest BCUT2D eigenvalue weighted by Crippen LogP contribution is 2.35. The summed E-state index contributed by atoms with van der Waals surface area (Å²) in [6.45, 7) is 6.00. The molecular formula is C27H28BNO6. The van der Waals surface area contributed by atoms with Gasteiger partial charge >= 0.3 is 19.1 Å². The number of likely N-dealkylation sites (N-methyl/N-ethyl adjacent to an activating group) is 1. The minimum absolute atomic E-state index is 0.0235. The smallest absolute Gasteiger partial charge is 0.494 e. The van der Waals surface area contributed by atoms with Gasteiger partial charge in [-0.05, 0) is 62.7 Å². The molecule has 0 saturated carbocycles. The highest BCUT2D eigenvalue weighted by atomic mass is 16.6. The van der Waals surface area contributed by atoms with E-state index in [0.29, 0.717) is 11.2 Å². The van der Waals surface area contributed by atoms with Crippen LogP contribution in [0.2, 0.25) is 0 Å². The molecular weight excluding hydrogens is 445 g/mol. The van der Waals surface area contributed by atoms with E-state index < -0.39 is 19.1 Å². The average molecular weight is 473 g/mol. The van der Waals surface area contributed by atoms with Crippen LogP contribution in [0.15, 0.2) is 90.2 Å². The van der Waals surface area contributed by atoms with E-state index in [1.165, 1.54) is 0 Å². The normalized spacial score (nSPS) is 19.5. The molecule has 0 radical (unpaired) electrons. The largest absolute Gasteiger partial charge is 0.636 e. The molecule has 0 spiro atoms. The summed E-state index contributed by atoms with van der Waals surface area (Å²) < 4.78 is 23.0. The van der Waals surface area contributed by atoms with Gasteiger partial charge in [0.1, 0.15) is 23.4 Å². The molecule has 7 nitrogen and oxygen atoms in total. The van der Waals surface area contributed by atoms with Crippen LogP contribution in [0.25, 0.3) is 0 Å². The summed E-state index contributed by atoms with van der Waals surface area (Å²) in [5.74, 6) is 1.31. The van der Waals surface area contributed by atoms with Crippen molar-refractivity contribution in [3.63, 3.8) is 0 Å². The Morgan fingerprint density at radius 1 is 1.03 bits per heavy atom. The second-order valence-electron chi connectivity index (χ2n) is 8.40. The van der Waals surface area contributed by atoms with E-state index in [4.69, 9.17) is 18.8 Å². The summed E-state index contributed by atoms with van der Waals surface area (Å²) in [5, 5.41) is 0. The lowest BCUT2D eigenvalue weighted by molar-refractivity contribution is -0.145. The summed E-state index contributed by atoms with van der Waals surface area (Å²) in [6, 6.07) is 16.7. The third kappa shape index (κ3) is 6.02. The number of para-hydroxylation sites is 1. The third-order valence-electron chi connectivity index (χ3n) is 5.81. The van der Waals surface area contributed by atoms with Gasteiger partial charge in [0.2, 0.25) is 0 Å². The average Bonchev–Trinajstić information content (AvgIpc) is 3.24. The van der Waals surface area contributed by atoms with Crippen molar-refractivity contribution in [1.82, 2.24) is 4.90 Å². The van der Waals surface area contributed by atoms with E-state index in [9.17, 15) is 9.59 Å². The van der Waals surface area contributed by atoms with Crippen LogP contribution in [-0.2, 0) is 18.9 Å². The third-order valence-corrected chi connectivity index (χ3v) is 5.81. The number of carbonyl (C=O) groups excluding carboxylic acids is 2. The van der Waals surface area contributed by atoms with Crippen LogP contribution in [0.3, 0.4) is 0 Å². The van der Waals surface area contributed by atoms with E-state index in [0.717, 1.165) is 35.5 Å². The Labute approximate surface area is 205 Å². The van der Waals surface area contributed by atoms with Crippen molar-refractivity contribution in [3.05, 3.63) is 90.2 Å². The van der Waals surface area contributed by atoms with Crippen molar-refractivity contribution in [3.8, 4) is 11.5 Å². The molecule has 1 fully saturated rings. The Hall–Kier alpha value is -3.78. The van der Waals surface area contributed by atoms with Gasteiger partial charge in [0.05, 0.1) is 13.1 Å². The molecule has 2 aromatic rings. The van der Waals surface area contributed by atoms with Crippen molar-refractivity contribution in [2.24, 2.45) is 0 Å². The number of carbonyl (C=O) groups is 2. The molecule has 1 unspecified atom stereocenters. The van der Waals surface area contributed by atoms with Crippen molar-refractivity contribution in [2.45, 2.75) is 25.9 Å². The SMILES string of the molecule is C=CC1=C(/C(=C\C)Oc2ccccc2)CCC1Oc1ccc(B2OC(=O)CN(C)CC(=O)O2)cc1. The number of rotatable bonds is 7. The van der Waals surface area contributed by atoms with Gasteiger partial charge in [-0.2, -0.15) is 0 Å². The Balaban J connectivity index is 1.46. The number of allylic oxidation sites excluding steroid dienone is 2. The Morgan fingerprint density at radius 3 is 2.29 bits per heavy atom. The lowest BCUT2D eigenvalue weighted by Crippen LogP contribution is -2.47. The zero-order valence-corrected chi connectivity index (χ0v) is 19.9. The van der Waals surface area contributed by atoms with Gasteiger partial charge in [-0.1, -0.05) is 43.0 Å². The molecule has 0 bridgehead atoms. The molecule has 1 atom stereocenters. The predicted octanol–water partition coefficient (Wildman–Crippen LogP) is 3.42. The first kappa shape index (κ1) is 24.4. The molecule has 180 valence electrons. The van der Waals surface area contributed by atoms with Crippen LogP contribution in [0.5, 0.6) is 11.5 Å². The maximum Gasteiger partial charge on any atom is 0.636 e. The maximum atomic E-state index is 12.0. The summed E-state index contributed by atoms with van der Waals surface area (Å²) in [6.07, 6.45) is 5.20. The zero-order chi connectivity index (χ0) is 24.8. The summed E-state index contributed by atoms with van der Waals surface area (Å²) in [4.78, 5) is 25.6. The van der Waals surface area contributed by atoms with Crippen molar-refractivity contribution in [1.29, 1.82) is 0 Å². The Morgan fingerprint density at radius 2 is 1.69 bits per heavy atom. The number of benzene rings is 2. The Bertz CT molecular complexity index is 1120. The van der Waals surface area contributed by atoms with Gasteiger partial charge in [-0.25, -0.2) is 0 Å². The highest BCUT2D eigenvalue weighted by Gasteiger charge is 2.34. The molecule has 2 aliphatic rings. The van der Waals surface area contributed by atoms with Crippen molar-refractivity contribution in [2.75, 3.05) is 20.1 Å². The van der Waals surface area contributed by atoms with E-state index >= 15 is 0 Å². The Kier molecular flexibility index (Phi) is 7.72. The summed E-state index contributed by atoms with van der Waals surface area (Å²) >= 11 is 0. The van der Waals surface area contributed by atoms with Crippen molar-refractivity contribution >= 4 is 24.5 Å². The van der Waals surface area contributed by atoms with Gasteiger partial charge in [-0.15, -0.1) is 0 Å². The molecule has 0 aromatic heterocycles. The van der Waals surface area contributed by atoms with Crippen LogP contribution in [0, 0.1) is 0 Å². The number of ether oxygens (including phenoxy) is 2. The molecule has 8 heteroatoms. The fourth-order valence-corrected chi connectivity index (χ4v) is 4.16. The summed E-state index contributed by atoms with van der Waals surface area (Å²) in [7, 11) is 0.578. The minimum atomic E-state index is -1.08. The first-order chi connectivity index (χ1) is 17.0. The standard InChI is InChI=1S/C27H28BNO6/c1-4-22-23(24(5-2)32-20-9-7-6-8-10-20)15-16-25(22)33-21-13-11-19(12-14-21)28-34-26(30)17-29(3)18-27(31)35-28/h4-14,25H,1,15-18H2,2-3H3/b24-5+. The molecule has 1 saturated heterocycles. The van der Waals surface area contributed by atoms with Crippen molar-refractivity contribution < 1.29 is 28.4 Å². The monoisotopic (exact) mass is 473 g/mol. The fourth-order valence-electron chi connectivity index (χ4n) is 4.16.